The number of hydrogen-bond donors (Lipinski definition) is 8. The number of carbonyl (C=O) groups is 5. The molecule has 4 atom stereocenters. The van der Waals surface area contributed by atoms with Crippen molar-refractivity contribution in [2.45, 2.75) is 77.1 Å². The molecule has 0 unspecified atom stereocenters. The summed E-state index contributed by atoms with van der Waals surface area (Å²) in [5.41, 5.74) is 14.5. The normalized spacial score (nSPS) is 17.1. The number of amides is 4. The van der Waals surface area contributed by atoms with Crippen molar-refractivity contribution in [2.24, 2.45) is 11.5 Å². The van der Waals surface area contributed by atoms with E-state index in [0.29, 0.717) is 30.0 Å². The van der Waals surface area contributed by atoms with Gasteiger partial charge in [0.05, 0.1) is 24.4 Å². The molecule has 1 aliphatic rings. The predicted octanol–water partition coefficient (Wildman–Crippen LogP) is 2.11. The number of aliphatic hydroxyl groups excluding tert-OH is 1. The molecule has 63 heavy (non-hydrogen) atoms. The first kappa shape index (κ1) is 47.4. The molecule has 0 saturated carbocycles. The number of carboxylic acids is 1. The second-order valence-electron chi connectivity index (χ2n) is 16.4. The number of aliphatic hydroxyl groups is 1. The SMILES string of the molecule is Cc1nc(-c2ccc(C(C)(C)C)cc2)ncc1C(=O)NCC(=O)N(C)[C@@H]1C(=O)N[C@@H](C)C(=O)N[C@H](C(=O)O)Cc2ccc(OCCCN)c(c2)-c2cc1cc(OC[C@H](O)CN)c2O. The predicted molar refractivity (Wildman–Crippen MR) is 233 cm³/mol. The molecule has 0 saturated heterocycles. The number of aryl methyl sites for hydroxylation is 1. The minimum atomic E-state index is -1.55. The number of aliphatic carboxylic acids is 1. The Kier molecular flexibility index (Phi) is 15.4. The van der Waals surface area contributed by atoms with E-state index >= 15 is 0 Å². The number of fused-ring (bicyclic) bond motifs is 5. The number of carboxylic acid groups (broad SMARTS) is 1. The van der Waals surface area contributed by atoms with Crippen LogP contribution in [0.3, 0.4) is 0 Å². The van der Waals surface area contributed by atoms with Crippen LogP contribution < -0.4 is 36.9 Å². The number of hydrogen-bond acceptors (Lipinski definition) is 13. The van der Waals surface area contributed by atoms with Crippen LogP contribution in [0.25, 0.3) is 22.5 Å². The van der Waals surface area contributed by atoms with E-state index in [1.165, 1.54) is 32.3 Å². The van der Waals surface area contributed by atoms with Crippen LogP contribution in [-0.2, 0) is 31.0 Å². The van der Waals surface area contributed by atoms with E-state index in [1.807, 2.05) is 24.3 Å². The highest BCUT2D eigenvalue weighted by Gasteiger charge is 2.34. The van der Waals surface area contributed by atoms with Gasteiger partial charge in [0.1, 0.15) is 36.6 Å². The molecule has 336 valence electrons. The molecule has 10 N–H and O–H groups in total. The van der Waals surface area contributed by atoms with Crippen LogP contribution in [0, 0.1) is 6.92 Å². The zero-order valence-corrected chi connectivity index (χ0v) is 36.2. The van der Waals surface area contributed by atoms with Gasteiger partial charge in [-0.15, -0.1) is 0 Å². The maximum Gasteiger partial charge on any atom is 0.326 e. The Labute approximate surface area is 365 Å². The average molecular weight is 869 g/mol. The van der Waals surface area contributed by atoms with Crippen LogP contribution in [0.15, 0.2) is 60.8 Å². The third-order valence-electron chi connectivity index (χ3n) is 10.5. The van der Waals surface area contributed by atoms with Crippen LogP contribution in [0.1, 0.15) is 72.9 Å². The number of nitrogens with zero attached hydrogens (tertiary/aromatic N) is 3. The molecule has 18 nitrogen and oxygen atoms in total. The molecule has 4 aromatic rings. The van der Waals surface area contributed by atoms with Gasteiger partial charge in [-0.1, -0.05) is 51.1 Å². The van der Waals surface area contributed by atoms with Gasteiger partial charge in [-0.2, -0.15) is 0 Å². The lowest BCUT2D eigenvalue weighted by atomic mass is 9.87. The number of rotatable bonds is 14. The highest BCUT2D eigenvalue weighted by molar-refractivity contribution is 5.98. The molecule has 0 fully saturated rings. The van der Waals surface area contributed by atoms with Gasteiger partial charge in [0, 0.05) is 42.9 Å². The molecular weight excluding hydrogens is 813 g/mol. The zero-order chi connectivity index (χ0) is 46.2. The molecule has 0 aliphatic carbocycles. The first-order valence-electron chi connectivity index (χ1n) is 20.5. The van der Waals surface area contributed by atoms with Gasteiger partial charge in [0.2, 0.25) is 17.7 Å². The summed E-state index contributed by atoms with van der Waals surface area (Å²) in [4.78, 5) is 77.6. The van der Waals surface area contributed by atoms with Gasteiger partial charge >= 0.3 is 5.97 Å². The lowest BCUT2D eigenvalue weighted by molar-refractivity contribution is -0.142. The second-order valence-corrected chi connectivity index (χ2v) is 16.4. The zero-order valence-electron chi connectivity index (χ0n) is 36.2. The Morgan fingerprint density at radius 3 is 2.33 bits per heavy atom. The van der Waals surface area contributed by atoms with Crippen molar-refractivity contribution in [3.8, 4) is 39.8 Å². The molecule has 1 aliphatic heterocycles. The average Bonchev–Trinajstić information content (AvgIpc) is 3.24. The van der Waals surface area contributed by atoms with Crippen LogP contribution in [0.5, 0.6) is 17.2 Å². The second kappa shape index (κ2) is 20.5. The van der Waals surface area contributed by atoms with E-state index in [1.54, 1.807) is 25.1 Å². The number of aromatic hydroxyl groups is 1. The third kappa shape index (κ3) is 11.6. The van der Waals surface area contributed by atoms with Crippen molar-refractivity contribution < 1.29 is 48.8 Å². The number of aromatic nitrogens is 2. The van der Waals surface area contributed by atoms with Gasteiger partial charge in [0.25, 0.3) is 5.91 Å². The maximum absolute atomic E-state index is 14.4. The molecule has 0 spiro atoms. The highest BCUT2D eigenvalue weighted by atomic mass is 16.5. The molecule has 0 radical (unpaired) electrons. The van der Waals surface area contributed by atoms with Crippen LogP contribution in [0.2, 0.25) is 0 Å². The lowest BCUT2D eigenvalue weighted by Gasteiger charge is -2.30. The summed E-state index contributed by atoms with van der Waals surface area (Å²) in [6.07, 6.45) is 0.518. The standard InChI is InChI=1S/C45H56N8O10/c1-24-33(21-48-40(50-24)27-9-11-29(12-10-27)45(3,4)5)42(58)49-22-37(55)53(6)38-28-18-32(39(56)36(19-28)63-23-30(54)20-47)31-16-26(8-13-35(31)62-15-7-14-46)17-34(44(60)61)52-41(57)25(2)51-43(38)59/h8-13,16,18-19,21,25,30,34,38,54,56H,7,14-15,17,20,22-23,46-47H2,1-6H3,(H,49,58)(H,51,59)(H,52,57)(H,60,61)/t25-,30+,34-,38-/m0/s1. The fourth-order valence-corrected chi connectivity index (χ4v) is 6.77. The molecule has 4 amide bonds. The first-order valence-corrected chi connectivity index (χ1v) is 20.5. The molecule has 5 rings (SSSR count). The Morgan fingerprint density at radius 1 is 0.984 bits per heavy atom. The minimum absolute atomic E-state index is 0.0449. The Morgan fingerprint density at radius 2 is 1.70 bits per heavy atom. The minimum Gasteiger partial charge on any atom is -0.504 e. The number of benzene rings is 3. The summed E-state index contributed by atoms with van der Waals surface area (Å²) in [6.45, 7) is 8.69. The third-order valence-corrected chi connectivity index (χ3v) is 10.5. The van der Waals surface area contributed by atoms with Gasteiger partial charge in [-0.3, -0.25) is 19.2 Å². The van der Waals surface area contributed by atoms with Crippen molar-refractivity contribution in [1.29, 1.82) is 0 Å². The first-order chi connectivity index (χ1) is 29.8. The summed E-state index contributed by atoms with van der Waals surface area (Å²) < 4.78 is 11.9. The van der Waals surface area contributed by atoms with Crippen LogP contribution in [-0.4, -0.2) is 118 Å². The van der Waals surface area contributed by atoms with Crippen molar-refractivity contribution in [2.75, 3.05) is 39.9 Å². The number of phenols is 1. The van der Waals surface area contributed by atoms with Gasteiger partial charge in [-0.25, -0.2) is 14.8 Å². The molecule has 4 bridgehead atoms. The summed E-state index contributed by atoms with van der Waals surface area (Å²) in [6, 6.07) is 11.1. The fourth-order valence-electron chi connectivity index (χ4n) is 6.77. The number of ether oxygens (including phenoxy) is 2. The van der Waals surface area contributed by atoms with Gasteiger partial charge in [0.15, 0.2) is 17.3 Å². The quantitative estimate of drug-likeness (QED) is 0.0844. The van der Waals surface area contributed by atoms with Crippen molar-refractivity contribution in [3.05, 3.63) is 88.7 Å². The van der Waals surface area contributed by atoms with E-state index in [0.717, 1.165) is 16.0 Å². The maximum atomic E-state index is 14.4. The van der Waals surface area contributed by atoms with Crippen LogP contribution in [0.4, 0.5) is 0 Å². The van der Waals surface area contributed by atoms with E-state index in [-0.39, 0.29) is 65.3 Å². The Bertz CT molecular complexity index is 2330. The molecule has 2 heterocycles. The van der Waals surface area contributed by atoms with E-state index in [4.69, 9.17) is 20.9 Å². The summed E-state index contributed by atoms with van der Waals surface area (Å²) in [5.74, 6) is -4.40. The molecular formula is C45H56N8O10. The van der Waals surface area contributed by atoms with Crippen molar-refractivity contribution >= 4 is 29.6 Å². The largest absolute Gasteiger partial charge is 0.504 e. The molecule has 1 aromatic heterocycles. The summed E-state index contributed by atoms with van der Waals surface area (Å²) in [5, 5.41) is 39.8. The Balaban J connectivity index is 1.53. The number of nitrogens with two attached hydrogens (primary N) is 2. The number of phenolic OH excluding ortho intramolecular Hbond substituents is 1. The van der Waals surface area contributed by atoms with Crippen molar-refractivity contribution in [3.63, 3.8) is 0 Å². The van der Waals surface area contributed by atoms with E-state index in [9.17, 15) is 39.3 Å². The molecule has 3 aromatic carbocycles. The van der Waals surface area contributed by atoms with Crippen LogP contribution >= 0.6 is 0 Å². The number of carbonyl (C=O) groups excluding carboxylic acids is 4. The summed E-state index contributed by atoms with van der Waals surface area (Å²) in [7, 11) is 1.31. The summed E-state index contributed by atoms with van der Waals surface area (Å²) >= 11 is 0. The lowest BCUT2D eigenvalue weighted by Crippen LogP contribution is -2.53. The van der Waals surface area contributed by atoms with Crippen molar-refractivity contribution in [1.82, 2.24) is 30.8 Å². The smallest absolute Gasteiger partial charge is 0.326 e. The van der Waals surface area contributed by atoms with E-state index in [2.05, 4.69) is 46.7 Å². The number of likely N-dealkylation sites (N-methyl/N-ethyl adjacent to an activating group) is 1. The van der Waals surface area contributed by atoms with Gasteiger partial charge in [-0.05, 0) is 73.2 Å². The molecule has 18 heteroatoms. The highest BCUT2D eigenvalue weighted by Crippen LogP contribution is 2.44. The van der Waals surface area contributed by atoms with E-state index < -0.39 is 66.1 Å². The fraction of sp³-hybridized carbons (Fsp3) is 0.400. The monoisotopic (exact) mass is 868 g/mol. The van der Waals surface area contributed by atoms with Gasteiger partial charge < -0.3 is 57.1 Å². The topological polar surface area (TPSA) is 282 Å². The Hall–Kier alpha value is -6.63. The number of nitrogens with one attached hydrogen (secondary N) is 3.